The SMILES string of the molecule is CCn1nccc1C(=O)C1CCCCCC1N. The summed E-state index contributed by atoms with van der Waals surface area (Å²) < 4.78 is 1.76. The number of carbonyl (C=O) groups is 1. The van der Waals surface area contributed by atoms with Crippen LogP contribution in [0.4, 0.5) is 0 Å². The Balaban J connectivity index is 2.18. The Bertz CT molecular complexity index is 386. The van der Waals surface area contributed by atoms with Crippen LogP contribution < -0.4 is 5.73 Å². The highest BCUT2D eigenvalue weighted by Gasteiger charge is 2.29. The van der Waals surface area contributed by atoms with E-state index in [0.29, 0.717) is 0 Å². The second-order valence-corrected chi connectivity index (χ2v) is 4.80. The van der Waals surface area contributed by atoms with Gasteiger partial charge in [0, 0.05) is 24.7 Å². The number of Topliss-reactive ketones (excluding diaryl/α,β-unsaturated/α-hetero) is 1. The summed E-state index contributed by atoms with van der Waals surface area (Å²) in [5.41, 5.74) is 6.84. The minimum absolute atomic E-state index is 0.0144. The number of ketones is 1. The normalized spacial score (nSPS) is 25.5. The van der Waals surface area contributed by atoms with Gasteiger partial charge in [0.25, 0.3) is 0 Å². The third-order valence-electron chi connectivity index (χ3n) is 3.67. The first-order valence-corrected chi connectivity index (χ1v) is 6.55. The van der Waals surface area contributed by atoms with E-state index in [1.165, 1.54) is 6.42 Å². The van der Waals surface area contributed by atoms with Crippen LogP contribution in [0.3, 0.4) is 0 Å². The number of nitrogens with zero attached hydrogens (tertiary/aromatic N) is 2. The van der Waals surface area contributed by atoms with E-state index in [0.717, 1.165) is 37.9 Å². The van der Waals surface area contributed by atoms with Gasteiger partial charge in [0.15, 0.2) is 5.78 Å². The van der Waals surface area contributed by atoms with E-state index in [9.17, 15) is 4.79 Å². The summed E-state index contributed by atoms with van der Waals surface area (Å²) >= 11 is 0. The monoisotopic (exact) mass is 235 g/mol. The molecule has 0 bridgehead atoms. The summed E-state index contributed by atoms with van der Waals surface area (Å²) in [5, 5.41) is 4.15. The van der Waals surface area contributed by atoms with Crippen LogP contribution in [0, 0.1) is 5.92 Å². The van der Waals surface area contributed by atoms with Gasteiger partial charge in [-0.2, -0.15) is 5.10 Å². The van der Waals surface area contributed by atoms with Crippen LogP contribution in [0.15, 0.2) is 12.3 Å². The Morgan fingerprint density at radius 1 is 1.47 bits per heavy atom. The van der Waals surface area contributed by atoms with Crippen molar-refractivity contribution in [3.05, 3.63) is 18.0 Å². The largest absolute Gasteiger partial charge is 0.327 e. The van der Waals surface area contributed by atoms with Crippen LogP contribution in [0.1, 0.15) is 49.5 Å². The van der Waals surface area contributed by atoms with Gasteiger partial charge in [-0.25, -0.2) is 0 Å². The van der Waals surface area contributed by atoms with Gasteiger partial charge in [0.05, 0.1) is 0 Å². The molecule has 1 saturated carbocycles. The lowest BCUT2D eigenvalue weighted by Gasteiger charge is -2.20. The van der Waals surface area contributed by atoms with Crippen molar-refractivity contribution in [2.45, 2.75) is 51.6 Å². The van der Waals surface area contributed by atoms with Crippen molar-refractivity contribution in [2.24, 2.45) is 11.7 Å². The van der Waals surface area contributed by atoms with Gasteiger partial charge in [-0.3, -0.25) is 9.48 Å². The lowest BCUT2D eigenvalue weighted by atomic mass is 9.89. The molecule has 0 spiro atoms. The lowest BCUT2D eigenvalue weighted by Crippen LogP contribution is -2.35. The fourth-order valence-corrected chi connectivity index (χ4v) is 2.65. The molecule has 2 unspecified atom stereocenters. The first-order valence-electron chi connectivity index (χ1n) is 6.55. The van der Waals surface area contributed by atoms with Crippen molar-refractivity contribution in [1.29, 1.82) is 0 Å². The molecule has 0 radical (unpaired) electrons. The average molecular weight is 235 g/mol. The van der Waals surface area contributed by atoms with E-state index in [2.05, 4.69) is 5.10 Å². The number of rotatable bonds is 3. The van der Waals surface area contributed by atoms with Gasteiger partial charge in [0.2, 0.25) is 0 Å². The molecule has 94 valence electrons. The molecule has 0 aromatic carbocycles. The first kappa shape index (κ1) is 12.3. The molecule has 1 heterocycles. The highest BCUT2D eigenvalue weighted by molar-refractivity contribution is 5.96. The Hall–Kier alpha value is -1.16. The van der Waals surface area contributed by atoms with E-state index >= 15 is 0 Å². The minimum Gasteiger partial charge on any atom is -0.327 e. The van der Waals surface area contributed by atoms with Gasteiger partial charge in [0.1, 0.15) is 5.69 Å². The number of hydrogen-bond acceptors (Lipinski definition) is 3. The van der Waals surface area contributed by atoms with E-state index in [1.54, 1.807) is 10.9 Å². The summed E-state index contributed by atoms with van der Waals surface area (Å²) in [6.45, 7) is 2.73. The van der Waals surface area contributed by atoms with Crippen molar-refractivity contribution in [2.75, 3.05) is 0 Å². The smallest absolute Gasteiger partial charge is 0.185 e. The van der Waals surface area contributed by atoms with E-state index < -0.39 is 0 Å². The van der Waals surface area contributed by atoms with Gasteiger partial charge in [-0.05, 0) is 25.8 Å². The van der Waals surface area contributed by atoms with Crippen LogP contribution in [0.2, 0.25) is 0 Å². The maximum absolute atomic E-state index is 12.5. The highest BCUT2D eigenvalue weighted by Crippen LogP contribution is 2.25. The average Bonchev–Trinajstić information content (AvgIpc) is 2.71. The van der Waals surface area contributed by atoms with Crippen LogP contribution >= 0.6 is 0 Å². The Morgan fingerprint density at radius 2 is 2.24 bits per heavy atom. The molecule has 2 N–H and O–H groups in total. The molecule has 17 heavy (non-hydrogen) atoms. The molecule has 1 fully saturated rings. The van der Waals surface area contributed by atoms with Crippen molar-refractivity contribution >= 4 is 5.78 Å². The number of hydrogen-bond donors (Lipinski definition) is 1. The second-order valence-electron chi connectivity index (χ2n) is 4.80. The van der Waals surface area contributed by atoms with E-state index in [4.69, 9.17) is 5.73 Å². The first-order chi connectivity index (χ1) is 8.24. The Kier molecular flexibility index (Phi) is 3.94. The van der Waals surface area contributed by atoms with Crippen LogP contribution in [-0.4, -0.2) is 21.6 Å². The number of nitrogens with two attached hydrogens (primary N) is 1. The molecule has 1 aromatic heterocycles. The maximum atomic E-state index is 12.5. The third-order valence-corrected chi connectivity index (χ3v) is 3.67. The lowest BCUT2D eigenvalue weighted by molar-refractivity contribution is 0.0883. The van der Waals surface area contributed by atoms with Gasteiger partial charge in [-0.15, -0.1) is 0 Å². The molecule has 0 amide bonds. The van der Waals surface area contributed by atoms with Crippen LogP contribution in [0.5, 0.6) is 0 Å². The molecule has 1 aliphatic carbocycles. The zero-order valence-electron chi connectivity index (χ0n) is 10.4. The van der Waals surface area contributed by atoms with Crippen molar-refractivity contribution in [1.82, 2.24) is 9.78 Å². The predicted octanol–water partition coefficient (Wildman–Crippen LogP) is 1.99. The van der Waals surface area contributed by atoms with Crippen molar-refractivity contribution in [3.63, 3.8) is 0 Å². The molecular weight excluding hydrogens is 214 g/mol. The molecule has 2 atom stereocenters. The molecule has 0 aliphatic heterocycles. The zero-order chi connectivity index (χ0) is 12.3. The summed E-state index contributed by atoms with van der Waals surface area (Å²) in [4.78, 5) is 12.5. The number of carbonyl (C=O) groups excluding carboxylic acids is 1. The molecule has 0 saturated heterocycles. The molecule has 4 nitrogen and oxygen atoms in total. The van der Waals surface area contributed by atoms with Crippen molar-refractivity contribution < 1.29 is 4.79 Å². The fraction of sp³-hybridized carbons (Fsp3) is 0.692. The topological polar surface area (TPSA) is 60.9 Å². The van der Waals surface area contributed by atoms with Gasteiger partial charge < -0.3 is 5.73 Å². The number of aromatic nitrogens is 2. The number of aryl methyl sites for hydroxylation is 1. The third kappa shape index (κ3) is 2.57. The standard InChI is InChI=1S/C13H21N3O/c1-2-16-12(8-9-15-16)13(17)10-6-4-3-5-7-11(10)14/h8-11H,2-7,14H2,1H3. The Labute approximate surface area is 102 Å². The molecule has 1 aliphatic rings. The quantitative estimate of drug-likeness (QED) is 0.644. The zero-order valence-corrected chi connectivity index (χ0v) is 10.4. The van der Waals surface area contributed by atoms with Gasteiger partial charge in [-0.1, -0.05) is 19.3 Å². The summed E-state index contributed by atoms with van der Waals surface area (Å²) in [6, 6.07) is 1.83. The Morgan fingerprint density at radius 3 is 3.00 bits per heavy atom. The fourth-order valence-electron chi connectivity index (χ4n) is 2.65. The second kappa shape index (κ2) is 5.45. The molecule has 1 aromatic rings. The van der Waals surface area contributed by atoms with Crippen molar-refractivity contribution in [3.8, 4) is 0 Å². The van der Waals surface area contributed by atoms with Crippen LogP contribution in [-0.2, 0) is 6.54 Å². The highest BCUT2D eigenvalue weighted by atomic mass is 16.1. The molecular formula is C13H21N3O. The molecule has 2 rings (SSSR count). The molecule has 4 heteroatoms. The minimum atomic E-state index is -0.0144. The van der Waals surface area contributed by atoms with Gasteiger partial charge >= 0.3 is 0 Å². The summed E-state index contributed by atoms with van der Waals surface area (Å²) in [7, 11) is 0. The van der Waals surface area contributed by atoms with Crippen LogP contribution in [0.25, 0.3) is 0 Å². The summed E-state index contributed by atoms with van der Waals surface area (Å²) in [6.07, 6.45) is 7.05. The van der Waals surface area contributed by atoms with E-state index in [1.807, 2.05) is 13.0 Å². The maximum Gasteiger partial charge on any atom is 0.185 e. The van der Waals surface area contributed by atoms with E-state index in [-0.39, 0.29) is 17.7 Å². The predicted molar refractivity (Wildman–Crippen MR) is 66.8 cm³/mol. The summed E-state index contributed by atoms with van der Waals surface area (Å²) in [5.74, 6) is 0.165.